The van der Waals surface area contributed by atoms with Gasteiger partial charge in [-0.1, -0.05) is 6.07 Å². The van der Waals surface area contributed by atoms with Crippen LogP contribution in [-0.4, -0.2) is 25.3 Å². The average Bonchev–Trinajstić information content (AvgIpc) is 3.10. The quantitative estimate of drug-likeness (QED) is 0.460. The number of carbonyl (C=O) groups is 1. The summed E-state index contributed by atoms with van der Waals surface area (Å²) in [6.45, 7) is 0. The number of carbonyl (C=O) groups excluding carboxylic acids is 1. The van der Waals surface area contributed by atoms with Crippen LogP contribution in [0.3, 0.4) is 0 Å². The zero-order chi connectivity index (χ0) is 22.7. The number of rotatable bonds is 5. The molecule has 0 aliphatic carbocycles. The lowest BCUT2D eigenvalue weighted by Gasteiger charge is -2.15. The molecule has 0 radical (unpaired) electrons. The minimum Gasteiger partial charge on any atom is -0.493 e. The Morgan fingerprint density at radius 3 is 2.12 bits per heavy atom. The highest BCUT2D eigenvalue weighted by molar-refractivity contribution is 8.19. The van der Waals surface area contributed by atoms with E-state index in [9.17, 15) is 13.6 Å². The van der Waals surface area contributed by atoms with E-state index in [4.69, 9.17) is 9.47 Å². The number of anilines is 1. The lowest BCUT2D eigenvalue weighted by molar-refractivity contribution is -0.113. The zero-order valence-corrected chi connectivity index (χ0v) is 18.0. The lowest BCUT2D eigenvalue weighted by Crippen LogP contribution is -2.28. The number of amides is 1. The van der Waals surface area contributed by atoms with Crippen molar-refractivity contribution in [2.75, 3.05) is 19.1 Å². The van der Waals surface area contributed by atoms with Crippen LogP contribution in [0.5, 0.6) is 11.5 Å². The van der Waals surface area contributed by atoms with E-state index in [1.807, 2.05) is 0 Å². The standard InChI is InChI=1S/C24H18F2N2O3S/c1-30-20-12-3-15(13-21(20)31-2)14-22-23(29)28(19-10-6-17(26)7-11-19)24(32-22)27-18-8-4-16(25)5-9-18/h3-14H,1-2H3/b22-14-,27-24?. The first-order valence-corrected chi connectivity index (χ1v) is 10.4. The number of hydrogen-bond acceptors (Lipinski definition) is 5. The molecule has 5 nitrogen and oxygen atoms in total. The summed E-state index contributed by atoms with van der Waals surface area (Å²) in [5.41, 5.74) is 1.70. The largest absolute Gasteiger partial charge is 0.493 e. The van der Waals surface area contributed by atoms with Crippen molar-refractivity contribution in [2.24, 2.45) is 4.99 Å². The van der Waals surface area contributed by atoms with Crippen molar-refractivity contribution in [3.63, 3.8) is 0 Å². The van der Waals surface area contributed by atoms with Gasteiger partial charge in [0.1, 0.15) is 11.6 Å². The SMILES string of the molecule is COc1ccc(/C=C2\SC(=Nc3ccc(F)cc3)N(c3ccc(F)cc3)C2=O)cc1OC. The molecule has 0 N–H and O–H groups in total. The van der Waals surface area contributed by atoms with E-state index >= 15 is 0 Å². The Morgan fingerprint density at radius 1 is 0.875 bits per heavy atom. The smallest absolute Gasteiger partial charge is 0.271 e. The highest BCUT2D eigenvalue weighted by Crippen LogP contribution is 2.38. The molecule has 3 aromatic rings. The maximum Gasteiger partial charge on any atom is 0.271 e. The van der Waals surface area contributed by atoms with Crippen LogP contribution in [0, 0.1) is 11.6 Å². The van der Waals surface area contributed by atoms with Crippen molar-refractivity contribution in [3.05, 3.63) is 88.8 Å². The number of hydrogen-bond donors (Lipinski definition) is 0. The van der Waals surface area contributed by atoms with Crippen molar-refractivity contribution < 1.29 is 23.0 Å². The van der Waals surface area contributed by atoms with Crippen molar-refractivity contribution in [1.29, 1.82) is 0 Å². The minimum atomic E-state index is -0.411. The number of aliphatic imine (C=N–C) groups is 1. The van der Waals surface area contributed by atoms with Crippen molar-refractivity contribution in [2.45, 2.75) is 0 Å². The molecule has 1 saturated heterocycles. The van der Waals surface area contributed by atoms with Crippen molar-refractivity contribution in [3.8, 4) is 11.5 Å². The normalized spacial score (nSPS) is 16.1. The van der Waals surface area contributed by atoms with Gasteiger partial charge in [0, 0.05) is 0 Å². The first-order valence-electron chi connectivity index (χ1n) is 9.54. The summed E-state index contributed by atoms with van der Waals surface area (Å²) in [5, 5.41) is 0.375. The van der Waals surface area contributed by atoms with Gasteiger partial charge in [-0.3, -0.25) is 9.69 Å². The van der Waals surface area contributed by atoms with Gasteiger partial charge in [0.05, 0.1) is 30.5 Å². The van der Waals surface area contributed by atoms with Gasteiger partial charge in [-0.2, -0.15) is 0 Å². The molecule has 3 aromatic carbocycles. The summed E-state index contributed by atoms with van der Waals surface area (Å²) in [4.78, 5) is 19.6. The van der Waals surface area contributed by atoms with Crippen molar-refractivity contribution in [1.82, 2.24) is 0 Å². The molecule has 1 amide bonds. The van der Waals surface area contributed by atoms with E-state index in [1.165, 1.54) is 72.3 Å². The van der Waals surface area contributed by atoms with E-state index in [0.29, 0.717) is 32.9 Å². The Labute approximate surface area is 188 Å². The third-order valence-electron chi connectivity index (χ3n) is 4.65. The van der Waals surface area contributed by atoms with Gasteiger partial charge in [0.15, 0.2) is 16.7 Å². The van der Waals surface area contributed by atoms with Crippen LogP contribution in [0.15, 0.2) is 76.6 Å². The Hall–Kier alpha value is -3.65. The Morgan fingerprint density at radius 2 is 1.50 bits per heavy atom. The minimum absolute atomic E-state index is 0.308. The van der Waals surface area contributed by atoms with E-state index in [-0.39, 0.29) is 11.7 Å². The molecule has 0 bridgehead atoms. The fourth-order valence-electron chi connectivity index (χ4n) is 3.09. The van der Waals surface area contributed by atoms with Gasteiger partial charge >= 0.3 is 0 Å². The summed E-state index contributed by atoms with van der Waals surface area (Å²) in [6, 6.07) is 16.5. The number of benzene rings is 3. The van der Waals surface area contributed by atoms with Crippen LogP contribution in [0.25, 0.3) is 6.08 Å². The molecule has 1 aliphatic heterocycles. The number of halogens is 2. The van der Waals surface area contributed by atoms with Crippen LogP contribution in [0.1, 0.15) is 5.56 Å². The van der Waals surface area contributed by atoms with E-state index in [2.05, 4.69) is 4.99 Å². The molecule has 0 aromatic heterocycles. The molecule has 162 valence electrons. The molecule has 1 heterocycles. The number of ether oxygens (including phenoxy) is 2. The second-order valence-corrected chi connectivity index (χ2v) is 7.72. The van der Waals surface area contributed by atoms with Gasteiger partial charge in [-0.05, 0) is 84.1 Å². The van der Waals surface area contributed by atoms with Crippen LogP contribution in [0.4, 0.5) is 20.2 Å². The Kier molecular flexibility index (Phi) is 6.23. The molecule has 32 heavy (non-hydrogen) atoms. The number of thioether (sulfide) groups is 1. The Bertz CT molecular complexity index is 1210. The predicted molar refractivity (Wildman–Crippen MR) is 122 cm³/mol. The monoisotopic (exact) mass is 452 g/mol. The second kappa shape index (κ2) is 9.23. The summed E-state index contributed by atoms with van der Waals surface area (Å²) in [5.74, 6) is 0.0105. The lowest BCUT2D eigenvalue weighted by atomic mass is 10.2. The first-order chi connectivity index (χ1) is 15.5. The topological polar surface area (TPSA) is 51.1 Å². The van der Waals surface area contributed by atoms with E-state index in [0.717, 1.165) is 5.56 Å². The molecule has 0 unspecified atom stereocenters. The fraction of sp³-hybridized carbons (Fsp3) is 0.0833. The molecule has 1 fully saturated rings. The molecule has 0 spiro atoms. The maximum atomic E-state index is 13.4. The summed E-state index contributed by atoms with van der Waals surface area (Å²) < 4.78 is 37.3. The molecular formula is C24H18F2N2O3S. The van der Waals surface area contributed by atoms with Gasteiger partial charge in [0.2, 0.25) is 0 Å². The van der Waals surface area contributed by atoms with Crippen LogP contribution in [0.2, 0.25) is 0 Å². The molecule has 1 aliphatic rings. The van der Waals surface area contributed by atoms with Crippen LogP contribution < -0.4 is 14.4 Å². The number of methoxy groups -OCH3 is 2. The van der Waals surface area contributed by atoms with E-state index < -0.39 is 5.82 Å². The highest BCUT2D eigenvalue weighted by Gasteiger charge is 2.34. The van der Waals surface area contributed by atoms with Gasteiger partial charge < -0.3 is 9.47 Å². The molecule has 0 saturated carbocycles. The summed E-state index contributed by atoms with van der Waals surface area (Å²) in [7, 11) is 3.08. The number of nitrogens with zero attached hydrogens (tertiary/aromatic N) is 2. The highest BCUT2D eigenvalue weighted by atomic mass is 32.2. The van der Waals surface area contributed by atoms with Gasteiger partial charge in [0.25, 0.3) is 5.91 Å². The predicted octanol–water partition coefficient (Wildman–Crippen LogP) is 5.79. The average molecular weight is 452 g/mol. The Balaban J connectivity index is 1.75. The third kappa shape index (κ3) is 4.50. The zero-order valence-electron chi connectivity index (χ0n) is 17.2. The van der Waals surface area contributed by atoms with Gasteiger partial charge in [-0.15, -0.1) is 0 Å². The molecule has 4 rings (SSSR count). The van der Waals surface area contributed by atoms with Crippen LogP contribution >= 0.6 is 11.8 Å². The van der Waals surface area contributed by atoms with E-state index in [1.54, 1.807) is 31.4 Å². The molecule has 0 atom stereocenters. The fourth-order valence-corrected chi connectivity index (χ4v) is 4.09. The van der Waals surface area contributed by atoms with Crippen molar-refractivity contribution >= 4 is 40.3 Å². The molecular weight excluding hydrogens is 434 g/mol. The molecule has 8 heteroatoms. The summed E-state index contributed by atoms with van der Waals surface area (Å²) in [6.07, 6.45) is 1.72. The third-order valence-corrected chi connectivity index (χ3v) is 5.62. The maximum absolute atomic E-state index is 13.4. The van der Waals surface area contributed by atoms with Gasteiger partial charge in [-0.25, -0.2) is 13.8 Å². The van der Waals surface area contributed by atoms with Crippen LogP contribution in [-0.2, 0) is 4.79 Å². The summed E-state index contributed by atoms with van der Waals surface area (Å²) >= 11 is 1.17. The second-order valence-electron chi connectivity index (χ2n) is 6.71. The first kappa shape index (κ1) is 21.6. The number of amidine groups is 1.